The third-order valence-electron chi connectivity index (χ3n) is 2.37. The molecule has 6 heteroatoms. The molecule has 0 spiro atoms. The van der Waals surface area contributed by atoms with E-state index in [-0.39, 0.29) is 12.4 Å². The predicted octanol–water partition coefficient (Wildman–Crippen LogP) is 2.21. The summed E-state index contributed by atoms with van der Waals surface area (Å²) < 4.78 is 6.90. The maximum Gasteiger partial charge on any atom is 0.219 e. The molecule has 0 aliphatic rings. The van der Waals surface area contributed by atoms with Gasteiger partial charge in [0.1, 0.15) is 11.4 Å². The predicted molar refractivity (Wildman–Crippen MR) is 67.0 cm³/mol. The highest BCUT2D eigenvalue weighted by molar-refractivity contribution is 6.30. The minimum Gasteiger partial charge on any atom is -0.485 e. The van der Waals surface area contributed by atoms with E-state index < -0.39 is 0 Å². The monoisotopic (exact) mass is 265 g/mol. The van der Waals surface area contributed by atoms with Crippen molar-refractivity contribution in [1.82, 2.24) is 15.0 Å². The van der Waals surface area contributed by atoms with Crippen LogP contribution >= 0.6 is 11.6 Å². The first-order valence-corrected chi connectivity index (χ1v) is 5.88. The van der Waals surface area contributed by atoms with Gasteiger partial charge in [0.2, 0.25) is 5.78 Å². The van der Waals surface area contributed by atoms with Crippen molar-refractivity contribution >= 4 is 17.4 Å². The molecule has 2 aromatic rings. The van der Waals surface area contributed by atoms with Crippen molar-refractivity contribution in [3.63, 3.8) is 0 Å². The van der Waals surface area contributed by atoms with Gasteiger partial charge in [-0.2, -0.15) is 0 Å². The molecule has 0 unspecified atom stereocenters. The normalized spacial score (nSPS) is 10.3. The SMILES string of the molecule is CCn1nncc1C(=O)COc1cccc(Cl)c1. The van der Waals surface area contributed by atoms with Gasteiger partial charge in [-0.3, -0.25) is 4.79 Å². The summed E-state index contributed by atoms with van der Waals surface area (Å²) in [7, 11) is 0. The molecule has 1 heterocycles. The zero-order chi connectivity index (χ0) is 13.0. The molecule has 1 aromatic heterocycles. The minimum absolute atomic E-state index is 0.0618. The second-order valence-corrected chi connectivity index (χ2v) is 4.04. The number of benzene rings is 1. The number of carbonyl (C=O) groups is 1. The molecule has 0 fully saturated rings. The summed E-state index contributed by atoms with van der Waals surface area (Å²) in [4.78, 5) is 11.9. The largest absolute Gasteiger partial charge is 0.485 e. The quantitative estimate of drug-likeness (QED) is 0.778. The van der Waals surface area contributed by atoms with E-state index in [0.29, 0.717) is 23.0 Å². The fourth-order valence-corrected chi connectivity index (χ4v) is 1.67. The van der Waals surface area contributed by atoms with Crippen LogP contribution in [-0.4, -0.2) is 27.4 Å². The van der Waals surface area contributed by atoms with Crippen LogP contribution in [0.2, 0.25) is 5.02 Å². The zero-order valence-electron chi connectivity index (χ0n) is 9.84. The first-order chi connectivity index (χ1) is 8.70. The number of carbonyl (C=O) groups excluding carboxylic acids is 1. The molecule has 0 N–H and O–H groups in total. The molecule has 0 saturated heterocycles. The van der Waals surface area contributed by atoms with Gasteiger partial charge in [-0.05, 0) is 25.1 Å². The Morgan fingerprint density at radius 3 is 3.06 bits per heavy atom. The summed E-state index contributed by atoms with van der Waals surface area (Å²) in [6.45, 7) is 2.43. The van der Waals surface area contributed by atoms with Gasteiger partial charge >= 0.3 is 0 Å². The van der Waals surface area contributed by atoms with Crippen LogP contribution in [0.15, 0.2) is 30.5 Å². The Morgan fingerprint density at radius 1 is 1.50 bits per heavy atom. The van der Waals surface area contributed by atoms with Crippen LogP contribution < -0.4 is 4.74 Å². The molecular formula is C12H12ClN3O2. The Morgan fingerprint density at radius 2 is 2.33 bits per heavy atom. The van der Waals surface area contributed by atoms with Crippen LogP contribution in [0.1, 0.15) is 17.4 Å². The fourth-order valence-electron chi connectivity index (χ4n) is 1.49. The van der Waals surface area contributed by atoms with Gasteiger partial charge in [-0.25, -0.2) is 4.68 Å². The number of ether oxygens (including phenoxy) is 1. The number of nitrogens with zero attached hydrogens (tertiary/aromatic N) is 3. The molecule has 5 nitrogen and oxygen atoms in total. The van der Waals surface area contributed by atoms with Gasteiger partial charge < -0.3 is 4.74 Å². The van der Waals surface area contributed by atoms with Gasteiger partial charge in [-0.1, -0.05) is 22.9 Å². The Hall–Kier alpha value is -1.88. The number of halogens is 1. The molecule has 18 heavy (non-hydrogen) atoms. The summed E-state index contributed by atoms with van der Waals surface area (Å²) in [5.41, 5.74) is 0.444. The lowest BCUT2D eigenvalue weighted by Gasteiger charge is -2.06. The van der Waals surface area contributed by atoms with E-state index in [9.17, 15) is 4.79 Å². The van der Waals surface area contributed by atoms with Crippen molar-refractivity contribution < 1.29 is 9.53 Å². The molecule has 0 atom stereocenters. The van der Waals surface area contributed by atoms with E-state index in [1.165, 1.54) is 10.9 Å². The molecular weight excluding hydrogens is 254 g/mol. The lowest BCUT2D eigenvalue weighted by atomic mass is 10.3. The maximum absolute atomic E-state index is 11.9. The standard InChI is InChI=1S/C12H12ClN3O2/c1-2-16-11(7-14-15-16)12(17)8-18-10-5-3-4-9(13)6-10/h3-7H,2,8H2,1H3. The number of hydrogen-bond donors (Lipinski definition) is 0. The van der Waals surface area contributed by atoms with Crippen LogP contribution in [0, 0.1) is 0 Å². The molecule has 0 amide bonds. The van der Waals surface area contributed by atoms with Crippen molar-refractivity contribution in [2.45, 2.75) is 13.5 Å². The molecule has 2 rings (SSSR count). The third kappa shape index (κ3) is 2.87. The Bertz CT molecular complexity index is 554. The van der Waals surface area contributed by atoms with Crippen LogP contribution in [0.5, 0.6) is 5.75 Å². The summed E-state index contributed by atoms with van der Waals surface area (Å²) in [6, 6.07) is 6.91. The van der Waals surface area contributed by atoms with E-state index in [1.54, 1.807) is 24.3 Å². The second-order valence-electron chi connectivity index (χ2n) is 3.60. The first kappa shape index (κ1) is 12.6. The van der Waals surface area contributed by atoms with Gasteiger partial charge in [-0.15, -0.1) is 5.10 Å². The van der Waals surface area contributed by atoms with Gasteiger partial charge in [0.05, 0.1) is 6.20 Å². The molecule has 0 bridgehead atoms. The Labute approximate surface area is 109 Å². The van der Waals surface area contributed by atoms with Gasteiger partial charge in [0.25, 0.3) is 0 Å². The van der Waals surface area contributed by atoms with Crippen LogP contribution in [-0.2, 0) is 6.54 Å². The molecule has 1 aromatic carbocycles. The number of ketones is 1. The third-order valence-corrected chi connectivity index (χ3v) is 2.60. The highest BCUT2D eigenvalue weighted by Gasteiger charge is 2.12. The highest BCUT2D eigenvalue weighted by Crippen LogP contribution is 2.17. The van der Waals surface area contributed by atoms with Crippen LogP contribution in [0.25, 0.3) is 0 Å². The van der Waals surface area contributed by atoms with Crippen molar-refractivity contribution in [2.24, 2.45) is 0 Å². The van der Waals surface area contributed by atoms with Crippen LogP contribution in [0.3, 0.4) is 0 Å². The summed E-state index contributed by atoms with van der Waals surface area (Å²) in [5, 5.41) is 8.06. The van der Waals surface area contributed by atoms with Gasteiger partial charge in [0.15, 0.2) is 6.61 Å². The average Bonchev–Trinajstić information content (AvgIpc) is 2.84. The van der Waals surface area contributed by atoms with E-state index in [2.05, 4.69) is 10.3 Å². The minimum atomic E-state index is -0.165. The number of rotatable bonds is 5. The zero-order valence-corrected chi connectivity index (χ0v) is 10.6. The molecule has 94 valence electrons. The smallest absolute Gasteiger partial charge is 0.219 e. The molecule has 0 radical (unpaired) electrons. The van der Waals surface area contributed by atoms with E-state index in [1.807, 2.05) is 6.92 Å². The lowest BCUT2D eigenvalue weighted by Crippen LogP contribution is -2.16. The molecule has 0 saturated carbocycles. The van der Waals surface area contributed by atoms with E-state index >= 15 is 0 Å². The van der Waals surface area contributed by atoms with Gasteiger partial charge in [0, 0.05) is 11.6 Å². The van der Waals surface area contributed by atoms with E-state index in [4.69, 9.17) is 16.3 Å². The van der Waals surface area contributed by atoms with E-state index in [0.717, 1.165) is 0 Å². The average molecular weight is 266 g/mol. The fraction of sp³-hybridized carbons (Fsp3) is 0.250. The summed E-state index contributed by atoms with van der Waals surface area (Å²) in [6.07, 6.45) is 1.44. The number of aromatic nitrogens is 3. The Kier molecular flexibility index (Phi) is 3.94. The van der Waals surface area contributed by atoms with Crippen molar-refractivity contribution in [2.75, 3.05) is 6.61 Å². The first-order valence-electron chi connectivity index (χ1n) is 5.50. The summed E-state index contributed by atoms with van der Waals surface area (Å²) >= 11 is 5.82. The molecule has 0 aliphatic heterocycles. The van der Waals surface area contributed by atoms with Crippen molar-refractivity contribution in [3.05, 3.63) is 41.2 Å². The van der Waals surface area contributed by atoms with Crippen LogP contribution in [0.4, 0.5) is 0 Å². The summed E-state index contributed by atoms with van der Waals surface area (Å²) in [5.74, 6) is 0.396. The molecule has 0 aliphatic carbocycles. The van der Waals surface area contributed by atoms with Crippen molar-refractivity contribution in [3.8, 4) is 5.75 Å². The second kappa shape index (κ2) is 5.64. The number of Topliss-reactive ketones (excluding diaryl/α,β-unsaturated/α-hetero) is 1. The number of aryl methyl sites for hydroxylation is 1. The topological polar surface area (TPSA) is 57.0 Å². The lowest BCUT2D eigenvalue weighted by molar-refractivity contribution is 0.0911. The maximum atomic E-state index is 11.9. The number of hydrogen-bond acceptors (Lipinski definition) is 4. The van der Waals surface area contributed by atoms with Crippen molar-refractivity contribution in [1.29, 1.82) is 0 Å². The highest BCUT2D eigenvalue weighted by atomic mass is 35.5. The Balaban J connectivity index is 2.00.